The Kier molecular flexibility index (Phi) is 6.10. The molecule has 178 valence electrons. The van der Waals surface area contributed by atoms with Crippen molar-refractivity contribution >= 4 is 17.5 Å². The fraction of sp³-hybridized carbons (Fsp3) is 0.222. The molecule has 2 aromatic carbocycles. The highest BCUT2D eigenvalue weighted by molar-refractivity contribution is 5.98. The number of carbonyl (C=O) groups excluding carboxylic acids is 2. The van der Waals surface area contributed by atoms with Crippen LogP contribution in [-0.4, -0.2) is 44.4 Å². The number of ether oxygens (including phenoxy) is 1. The van der Waals surface area contributed by atoms with E-state index in [0.29, 0.717) is 30.2 Å². The first kappa shape index (κ1) is 22.5. The number of aromatic amines is 1. The molecule has 0 bridgehead atoms. The Morgan fingerprint density at radius 2 is 1.74 bits per heavy atom. The highest BCUT2D eigenvalue weighted by Crippen LogP contribution is 2.34. The number of nitrogens with one attached hydrogen (secondary N) is 1. The SMILES string of the molecule is C/C=C/C(=O)N1CCC(c2cnn3c(C(N)=O)c(-c4ccc(Oc5ccccc5)cc4)[nH]c23)CC1. The second-order valence-electron chi connectivity index (χ2n) is 8.61. The molecule has 1 aliphatic heterocycles. The number of fused-ring (bicyclic) bond motifs is 1. The first-order valence-electron chi connectivity index (χ1n) is 11.7. The molecule has 1 saturated heterocycles. The topological polar surface area (TPSA) is 106 Å². The van der Waals surface area contributed by atoms with Crippen LogP contribution in [-0.2, 0) is 4.79 Å². The van der Waals surface area contributed by atoms with Gasteiger partial charge in [0.25, 0.3) is 5.91 Å². The molecule has 0 radical (unpaired) electrons. The number of primary amides is 1. The van der Waals surface area contributed by atoms with E-state index in [1.165, 1.54) is 0 Å². The number of aromatic nitrogens is 3. The van der Waals surface area contributed by atoms with Gasteiger partial charge in [0.15, 0.2) is 5.69 Å². The average molecular weight is 470 g/mol. The molecule has 0 atom stereocenters. The first-order chi connectivity index (χ1) is 17.0. The smallest absolute Gasteiger partial charge is 0.269 e. The number of imidazole rings is 1. The molecule has 5 rings (SSSR count). The maximum Gasteiger partial charge on any atom is 0.269 e. The van der Waals surface area contributed by atoms with Gasteiger partial charge >= 0.3 is 0 Å². The lowest BCUT2D eigenvalue weighted by Gasteiger charge is -2.30. The number of amides is 2. The fourth-order valence-corrected chi connectivity index (χ4v) is 4.65. The number of hydrogen-bond donors (Lipinski definition) is 2. The molecule has 2 amide bonds. The van der Waals surface area contributed by atoms with Crippen molar-refractivity contribution in [2.24, 2.45) is 5.73 Å². The van der Waals surface area contributed by atoms with Crippen molar-refractivity contribution < 1.29 is 14.3 Å². The predicted molar refractivity (Wildman–Crippen MR) is 133 cm³/mol. The van der Waals surface area contributed by atoms with Crippen LogP contribution in [0.5, 0.6) is 11.5 Å². The summed E-state index contributed by atoms with van der Waals surface area (Å²) in [7, 11) is 0. The van der Waals surface area contributed by atoms with Crippen molar-refractivity contribution in [3.63, 3.8) is 0 Å². The number of carbonyl (C=O) groups is 2. The summed E-state index contributed by atoms with van der Waals surface area (Å²) in [4.78, 5) is 29.8. The van der Waals surface area contributed by atoms with Crippen LogP contribution in [0.2, 0.25) is 0 Å². The normalized spacial score (nSPS) is 14.6. The summed E-state index contributed by atoms with van der Waals surface area (Å²) >= 11 is 0. The third-order valence-corrected chi connectivity index (χ3v) is 6.40. The molecular weight excluding hydrogens is 442 g/mol. The number of likely N-dealkylation sites (tertiary alicyclic amines) is 1. The number of H-pyrrole nitrogens is 1. The molecule has 35 heavy (non-hydrogen) atoms. The Hall–Kier alpha value is -4.33. The van der Waals surface area contributed by atoms with Gasteiger partial charge in [0.1, 0.15) is 17.1 Å². The molecule has 4 aromatic rings. The van der Waals surface area contributed by atoms with Gasteiger partial charge in [-0.15, -0.1) is 0 Å². The molecule has 1 fully saturated rings. The van der Waals surface area contributed by atoms with Crippen molar-refractivity contribution in [1.29, 1.82) is 0 Å². The summed E-state index contributed by atoms with van der Waals surface area (Å²) in [6.07, 6.45) is 6.83. The second-order valence-corrected chi connectivity index (χ2v) is 8.61. The third-order valence-electron chi connectivity index (χ3n) is 6.40. The zero-order valence-electron chi connectivity index (χ0n) is 19.5. The van der Waals surface area contributed by atoms with E-state index >= 15 is 0 Å². The van der Waals surface area contributed by atoms with E-state index in [0.717, 1.165) is 35.4 Å². The van der Waals surface area contributed by atoms with Gasteiger partial charge in [-0.1, -0.05) is 24.3 Å². The molecule has 3 N–H and O–H groups in total. The number of piperidine rings is 1. The van der Waals surface area contributed by atoms with E-state index in [4.69, 9.17) is 10.5 Å². The predicted octanol–water partition coefficient (Wildman–Crippen LogP) is 4.50. The number of benzene rings is 2. The molecule has 0 spiro atoms. The first-order valence-corrected chi connectivity index (χ1v) is 11.7. The van der Waals surface area contributed by atoms with Crippen LogP contribution in [0.4, 0.5) is 0 Å². The summed E-state index contributed by atoms with van der Waals surface area (Å²) in [5, 5.41) is 4.49. The van der Waals surface area contributed by atoms with Crippen LogP contribution in [0.3, 0.4) is 0 Å². The molecular formula is C27H27N5O3. The van der Waals surface area contributed by atoms with E-state index in [9.17, 15) is 9.59 Å². The second kappa shape index (κ2) is 9.50. The molecule has 0 aliphatic carbocycles. The fourth-order valence-electron chi connectivity index (χ4n) is 4.65. The number of para-hydroxylation sites is 1. The Morgan fingerprint density at radius 3 is 2.40 bits per heavy atom. The van der Waals surface area contributed by atoms with Gasteiger partial charge in [0.05, 0.1) is 11.9 Å². The van der Waals surface area contributed by atoms with Gasteiger partial charge < -0.3 is 20.4 Å². The van der Waals surface area contributed by atoms with E-state index in [1.54, 1.807) is 22.9 Å². The van der Waals surface area contributed by atoms with E-state index < -0.39 is 5.91 Å². The lowest BCUT2D eigenvalue weighted by molar-refractivity contribution is -0.127. The average Bonchev–Trinajstić information content (AvgIpc) is 3.45. The summed E-state index contributed by atoms with van der Waals surface area (Å²) in [5.74, 6) is 1.16. The Balaban J connectivity index is 1.41. The van der Waals surface area contributed by atoms with E-state index in [2.05, 4.69) is 10.1 Å². The van der Waals surface area contributed by atoms with Gasteiger partial charge in [-0.3, -0.25) is 9.59 Å². The van der Waals surface area contributed by atoms with Crippen LogP contribution in [0, 0.1) is 0 Å². The number of allylic oxidation sites excluding steroid dienone is 1. The van der Waals surface area contributed by atoms with Gasteiger partial charge in [0.2, 0.25) is 5.91 Å². The van der Waals surface area contributed by atoms with Crippen molar-refractivity contribution in [2.45, 2.75) is 25.7 Å². The minimum atomic E-state index is -0.558. The van der Waals surface area contributed by atoms with Crippen molar-refractivity contribution in [3.05, 3.63) is 84.2 Å². The number of rotatable bonds is 6. The zero-order valence-corrected chi connectivity index (χ0v) is 19.5. The van der Waals surface area contributed by atoms with E-state index in [-0.39, 0.29) is 11.8 Å². The lowest BCUT2D eigenvalue weighted by atomic mass is 9.91. The monoisotopic (exact) mass is 469 g/mol. The van der Waals surface area contributed by atoms with Crippen LogP contribution in [0.25, 0.3) is 16.9 Å². The highest BCUT2D eigenvalue weighted by atomic mass is 16.5. The molecule has 0 unspecified atom stereocenters. The maximum absolute atomic E-state index is 12.4. The molecule has 8 heteroatoms. The molecule has 8 nitrogen and oxygen atoms in total. The minimum absolute atomic E-state index is 0.0453. The van der Waals surface area contributed by atoms with Crippen molar-refractivity contribution in [2.75, 3.05) is 13.1 Å². The summed E-state index contributed by atoms with van der Waals surface area (Å²) < 4.78 is 7.47. The number of hydrogen-bond acceptors (Lipinski definition) is 4. The number of nitrogens with two attached hydrogens (primary N) is 1. The molecule has 0 saturated carbocycles. The Morgan fingerprint density at radius 1 is 1.06 bits per heavy atom. The van der Waals surface area contributed by atoms with Gasteiger partial charge in [0, 0.05) is 24.2 Å². The van der Waals surface area contributed by atoms with Gasteiger partial charge in [-0.05, 0) is 68.2 Å². The quantitative estimate of drug-likeness (QED) is 0.406. The van der Waals surface area contributed by atoms with Gasteiger partial charge in [-0.25, -0.2) is 4.52 Å². The Bertz CT molecular complexity index is 1380. The highest BCUT2D eigenvalue weighted by Gasteiger charge is 2.28. The third kappa shape index (κ3) is 4.42. The standard InChI is InChI=1S/C27H27N5O3/c1-2-6-23(33)31-15-13-18(14-16-31)22-17-29-32-25(26(28)34)24(30-27(22)32)19-9-11-21(12-10-19)35-20-7-4-3-5-8-20/h2-12,17-18,30H,13-16H2,1H3,(H2,28,34)/b6-2+. The summed E-state index contributed by atoms with van der Waals surface area (Å²) in [5.41, 5.74) is 9.29. The molecule has 2 aromatic heterocycles. The maximum atomic E-state index is 12.4. The number of nitrogens with zero attached hydrogens (tertiary/aromatic N) is 3. The van der Waals surface area contributed by atoms with Crippen molar-refractivity contribution in [1.82, 2.24) is 19.5 Å². The van der Waals surface area contributed by atoms with Crippen LogP contribution >= 0.6 is 0 Å². The largest absolute Gasteiger partial charge is 0.457 e. The molecule has 3 heterocycles. The summed E-state index contributed by atoms with van der Waals surface area (Å²) in [6, 6.07) is 17.0. The van der Waals surface area contributed by atoms with Crippen LogP contribution in [0.15, 0.2) is 72.9 Å². The van der Waals surface area contributed by atoms with Crippen molar-refractivity contribution in [3.8, 4) is 22.8 Å². The molecule has 1 aliphatic rings. The van der Waals surface area contributed by atoms with Gasteiger partial charge in [-0.2, -0.15) is 5.10 Å². The summed E-state index contributed by atoms with van der Waals surface area (Å²) in [6.45, 7) is 3.21. The lowest BCUT2D eigenvalue weighted by Crippen LogP contribution is -2.36. The van der Waals surface area contributed by atoms with Crippen LogP contribution in [0.1, 0.15) is 41.7 Å². The van der Waals surface area contributed by atoms with Crippen LogP contribution < -0.4 is 10.5 Å². The minimum Gasteiger partial charge on any atom is -0.457 e. The Labute approximate surface area is 203 Å². The van der Waals surface area contributed by atoms with E-state index in [1.807, 2.05) is 66.4 Å². The zero-order chi connectivity index (χ0) is 24.4.